The van der Waals surface area contributed by atoms with Gasteiger partial charge in [-0.3, -0.25) is 0 Å². The van der Waals surface area contributed by atoms with Crippen LogP contribution in [0.5, 0.6) is 0 Å². The molecule has 1 rings (SSSR count). The summed E-state index contributed by atoms with van der Waals surface area (Å²) in [5.74, 6) is 0.00579. The lowest BCUT2D eigenvalue weighted by Crippen LogP contribution is -2.12. The van der Waals surface area contributed by atoms with Crippen molar-refractivity contribution in [3.8, 4) is 0 Å². The summed E-state index contributed by atoms with van der Waals surface area (Å²) in [6, 6.07) is 3.81. The van der Waals surface area contributed by atoms with Crippen LogP contribution >= 0.6 is 0 Å². The lowest BCUT2D eigenvalue weighted by Gasteiger charge is -2.10. The molecule has 2 nitrogen and oxygen atoms in total. The highest BCUT2D eigenvalue weighted by Crippen LogP contribution is 2.10. The van der Waals surface area contributed by atoms with E-state index in [1.807, 2.05) is 0 Å². The van der Waals surface area contributed by atoms with Crippen molar-refractivity contribution >= 4 is 5.82 Å². The zero-order valence-electron chi connectivity index (χ0n) is 5.93. The summed E-state index contributed by atoms with van der Waals surface area (Å²) in [5.41, 5.74) is 0. The van der Waals surface area contributed by atoms with Gasteiger partial charge in [0.2, 0.25) is 0 Å². The molecule has 0 aliphatic rings. The van der Waals surface area contributed by atoms with Gasteiger partial charge in [0.05, 0.1) is 0 Å². The lowest BCUT2D eigenvalue weighted by atomic mass is 10.4. The second kappa shape index (κ2) is 2.64. The Hall–Kier alpha value is -1.12. The smallest absolute Gasteiger partial charge is 0.166 e. The summed E-state index contributed by atoms with van der Waals surface area (Å²) in [4.78, 5) is 5.39. The maximum Gasteiger partial charge on any atom is 0.166 e. The van der Waals surface area contributed by atoms with Gasteiger partial charge in [-0.05, 0) is 6.07 Å². The number of pyridine rings is 1. The molecule has 0 atom stereocenters. The van der Waals surface area contributed by atoms with E-state index in [1.54, 1.807) is 19.0 Å². The molecule has 1 heterocycles. The van der Waals surface area contributed by atoms with Crippen molar-refractivity contribution in [2.24, 2.45) is 0 Å². The van der Waals surface area contributed by atoms with E-state index in [2.05, 4.69) is 11.1 Å². The van der Waals surface area contributed by atoms with Crippen molar-refractivity contribution in [3.05, 3.63) is 24.1 Å². The summed E-state index contributed by atoms with van der Waals surface area (Å²) in [6.45, 7) is 0. The molecule has 0 aliphatic carbocycles. The Balaban J connectivity index is 3.03. The maximum atomic E-state index is 12.7. The highest BCUT2D eigenvalue weighted by Gasteiger charge is 2.01. The van der Waals surface area contributed by atoms with E-state index < -0.39 is 0 Å². The fourth-order valence-electron chi connectivity index (χ4n) is 0.664. The standard InChI is InChI=1S/C7H8FN2/c1-10(2)7-6(8)4-3-5-9-7/h4-5H,1-2H3. The van der Waals surface area contributed by atoms with Gasteiger partial charge in [-0.1, -0.05) is 0 Å². The van der Waals surface area contributed by atoms with Gasteiger partial charge < -0.3 is 4.90 Å². The fraction of sp³-hybridized carbons (Fsp3) is 0.286. The number of nitrogens with zero attached hydrogens (tertiary/aromatic N) is 2. The third-order valence-corrected chi connectivity index (χ3v) is 1.11. The topological polar surface area (TPSA) is 16.1 Å². The highest BCUT2D eigenvalue weighted by atomic mass is 19.1. The van der Waals surface area contributed by atoms with E-state index in [-0.39, 0.29) is 5.82 Å². The van der Waals surface area contributed by atoms with Crippen LogP contribution in [0.3, 0.4) is 0 Å². The molecule has 1 aromatic rings. The van der Waals surface area contributed by atoms with Crippen LogP contribution in [-0.2, 0) is 0 Å². The van der Waals surface area contributed by atoms with Crippen LogP contribution in [0, 0.1) is 11.9 Å². The Bertz CT molecular complexity index is 223. The van der Waals surface area contributed by atoms with Gasteiger partial charge in [0, 0.05) is 26.4 Å². The molecule has 0 amide bonds. The van der Waals surface area contributed by atoms with E-state index in [1.165, 1.54) is 12.3 Å². The average Bonchev–Trinajstić information content (AvgIpc) is 1.88. The van der Waals surface area contributed by atoms with Crippen LogP contribution in [-0.4, -0.2) is 19.1 Å². The minimum absolute atomic E-state index is 0.340. The van der Waals surface area contributed by atoms with Crippen LogP contribution in [0.1, 0.15) is 0 Å². The summed E-state index contributed by atoms with van der Waals surface area (Å²) >= 11 is 0. The molecule has 0 fully saturated rings. The van der Waals surface area contributed by atoms with Gasteiger partial charge in [0.1, 0.15) is 0 Å². The molecular weight excluding hydrogens is 131 g/mol. The molecular formula is C7H8FN2. The first-order chi connectivity index (χ1) is 4.72. The minimum Gasteiger partial charge on any atom is -0.360 e. The van der Waals surface area contributed by atoms with Gasteiger partial charge in [-0.15, -0.1) is 0 Å². The van der Waals surface area contributed by atoms with Crippen molar-refractivity contribution in [1.82, 2.24) is 4.98 Å². The van der Waals surface area contributed by atoms with Gasteiger partial charge in [-0.2, -0.15) is 0 Å². The molecule has 0 bridgehead atoms. The largest absolute Gasteiger partial charge is 0.360 e. The molecule has 0 spiro atoms. The number of hydrogen-bond donors (Lipinski definition) is 0. The van der Waals surface area contributed by atoms with Gasteiger partial charge in [-0.25, -0.2) is 9.37 Å². The summed E-state index contributed by atoms with van der Waals surface area (Å²) in [5, 5.41) is 0. The molecule has 10 heavy (non-hydrogen) atoms. The molecule has 0 aromatic carbocycles. The number of halogens is 1. The second-order valence-electron chi connectivity index (χ2n) is 2.14. The number of rotatable bonds is 1. The highest BCUT2D eigenvalue weighted by molar-refractivity contribution is 5.36. The first-order valence-electron chi connectivity index (χ1n) is 2.90. The van der Waals surface area contributed by atoms with E-state index >= 15 is 0 Å². The maximum absolute atomic E-state index is 12.7. The average molecular weight is 139 g/mol. The van der Waals surface area contributed by atoms with Crippen molar-refractivity contribution in [2.45, 2.75) is 0 Å². The van der Waals surface area contributed by atoms with Gasteiger partial charge in [0.25, 0.3) is 0 Å². The second-order valence-corrected chi connectivity index (χ2v) is 2.14. The van der Waals surface area contributed by atoms with Crippen molar-refractivity contribution in [2.75, 3.05) is 19.0 Å². The Morgan fingerprint density at radius 3 is 2.70 bits per heavy atom. The molecule has 1 aromatic heterocycles. The zero-order chi connectivity index (χ0) is 7.56. The Morgan fingerprint density at radius 2 is 2.30 bits per heavy atom. The third-order valence-electron chi connectivity index (χ3n) is 1.11. The summed E-state index contributed by atoms with van der Waals surface area (Å²) in [6.07, 6.45) is 1.44. The van der Waals surface area contributed by atoms with Crippen LogP contribution in [0.15, 0.2) is 12.3 Å². The van der Waals surface area contributed by atoms with Crippen molar-refractivity contribution < 1.29 is 4.39 Å². The third kappa shape index (κ3) is 1.23. The van der Waals surface area contributed by atoms with E-state index in [0.717, 1.165) is 0 Å². The SMILES string of the molecule is CN(C)c1nc[c]cc1F. The normalized spacial score (nSPS) is 9.50. The van der Waals surface area contributed by atoms with E-state index in [0.29, 0.717) is 5.82 Å². The monoisotopic (exact) mass is 139 g/mol. The fourth-order valence-corrected chi connectivity index (χ4v) is 0.664. The molecule has 53 valence electrons. The van der Waals surface area contributed by atoms with Crippen LogP contribution in [0.4, 0.5) is 10.2 Å². The molecule has 0 N–H and O–H groups in total. The molecule has 0 saturated heterocycles. The lowest BCUT2D eigenvalue weighted by molar-refractivity contribution is 0.619. The van der Waals surface area contributed by atoms with E-state index in [4.69, 9.17) is 0 Å². The Morgan fingerprint density at radius 1 is 1.60 bits per heavy atom. The van der Waals surface area contributed by atoms with Crippen molar-refractivity contribution in [3.63, 3.8) is 0 Å². The van der Waals surface area contributed by atoms with Crippen LogP contribution < -0.4 is 4.90 Å². The Labute approximate surface area is 59.3 Å². The van der Waals surface area contributed by atoms with Crippen molar-refractivity contribution in [1.29, 1.82) is 0 Å². The molecule has 0 saturated carbocycles. The van der Waals surface area contributed by atoms with E-state index in [9.17, 15) is 4.39 Å². The Kier molecular flexibility index (Phi) is 1.85. The number of aromatic nitrogens is 1. The zero-order valence-corrected chi connectivity index (χ0v) is 5.93. The predicted octanol–water partition coefficient (Wildman–Crippen LogP) is 1.09. The van der Waals surface area contributed by atoms with Crippen LogP contribution in [0.25, 0.3) is 0 Å². The molecule has 1 radical (unpaired) electrons. The van der Waals surface area contributed by atoms with Gasteiger partial charge >= 0.3 is 0 Å². The van der Waals surface area contributed by atoms with Crippen LogP contribution in [0.2, 0.25) is 0 Å². The number of hydrogen-bond acceptors (Lipinski definition) is 2. The first kappa shape index (κ1) is 6.99. The summed E-state index contributed by atoms with van der Waals surface area (Å²) < 4.78 is 12.7. The minimum atomic E-state index is -0.340. The molecule has 0 aliphatic heterocycles. The predicted molar refractivity (Wildman–Crippen MR) is 37.4 cm³/mol. The molecule has 3 heteroatoms. The quantitative estimate of drug-likeness (QED) is 0.579. The number of anilines is 1. The van der Waals surface area contributed by atoms with Gasteiger partial charge in [0.15, 0.2) is 11.6 Å². The first-order valence-corrected chi connectivity index (χ1v) is 2.90. The summed E-state index contributed by atoms with van der Waals surface area (Å²) in [7, 11) is 3.48. The molecule has 0 unspecified atom stereocenters.